The molecule has 0 bridgehead atoms. The van der Waals surface area contributed by atoms with Crippen molar-refractivity contribution in [2.45, 2.75) is 58.6 Å². The van der Waals surface area contributed by atoms with E-state index in [0.29, 0.717) is 19.6 Å². The van der Waals surface area contributed by atoms with Crippen LogP contribution in [0.2, 0.25) is 0 Å². The minimum atomic E-state index is -0.306. The Morgan fingerprint density at radius 1 is 1.44 bits per heavy atom. The maximum Gasteiger partial charge on any atom is 0.221 e. The number of hydrogen-bond acceptors (Lipinski definition) is 3. The van der Waals surface area contributed by atoms with E-state index in [1.807, 2.05) is 20.8 Å². The third-order valence-corrected chi connectivity index (χ3v) is 2.35. The Kier molecular flexibility index (Phi) is 7.34. The Morgan fingerprint density at radius 2 is 2.06 bits per heavy atom. The molecule has 0 saturated carbocycles. The Balaban J connectivity index is 3.80. The normalized spacial score (nSPS) is 13.6. The van der Waals surface area contributed by atoms with Crippen molar-refractivity contribution < 1.29 is 9.53 Å². The number of hydrogen-bond donors (Lipinski definition) is 2. The molecule has 0 aromatic heterocycles. The molecule has 1 unspecified atom stereocenters. The van der Waals surface area contributed by atoms with Crippen LogP contribution in [0, 0.1) is 0 Å². The molecule has 0 spiro atoms. The van der Waals surface area contributed by atoms with Gasteiger partial charge in [-0.15, -0.1) is 0 Å². The van der Waals surface area contributed by atoms with Gasteiger partial charge in [-0.25, -0.2) is 0 Å². The second-order valence-electron chi connectivity index (χ2n) is 4.72. The van der Waals surface area contributed by atoms with Gasteiger partial charge in [-0.05, 0) is 27.2 Å². The summed E-state index contributed by atoms with van der Waals surface area (Å²) in [5.41, 5.74) is 5.48. The molecule has 0 aliphatic rings. The fourth-order valence-electron chi connectivity index (χ4n) is 1.54. The lowest BCUT2D eigenvalue weighted by molar-refractivity contribution is -0.123. The van der Waals surface area contributed by atoms with E-state index in [0.717, 1.165) is 12.8 Å². The molecule has 1 atom stereocenters. The van der Waals surface area contributed by atoms with Crippen LogP contribution in [0.15, 0.2) is 0 Å². The third-order valence-electron chi connectivity index (χ3n) is 2.35. The molecule has 4 nitrogen and oxygen atoms in total. The minimum absolute atomic E-state index is 0.00808. The van der Waals surface area contributed by atoms with E-state index < -0.39 is 0 Å². The van der Waals surface area contributed by atoms with Crippen molar-refractivity contribution in [2.75, 3.05) is 13.2 Å². The van der Waals surface area contributed by atoms with Gasteiger partial charge in [-0.1, -0.05) is 13.3 Å². The Hall–Kier alpha value is -0.610. The Bertz CT molecular complexity index is 205. The van der Waals surface area contributed by atoms with Gasteiger partial charge in [-0.2, -0.15) is 0 Å². The highest BCUT2D eigenvalue weighted by atomic mass is 16.5. The molecule has 3 N–H and O–H groups in total. The number of ether oxygens (including phenoxy) is 1. The van der Waals surface area contributed by atoms with E-state index in [9.17, 15) is 4.79 Å². The van der Waals surface area contributed by atoms with E-state index in [2.05, 4.69) is 12.2 Å². The first kappa shape index (κ1) is 15.4. The summed E-state index contributed by atoms with van der Waals surface area (Å²) in [5.74, 6) is 0.00808. The lowest BCUT2D eigenvalue weighted by atomic mass is 10.1. The van der Waals surface area contributed by atoms with E-state index >= 15 is 0 Å². The van der Waals surface area contributed by atoms with Crippen molar-refractivity contribution >= 4 is 5.91 Å². The summed E-state index contributed by atoms with van der Waals surface area (Å²) in [5, 5.41) is 2.85. The van der Waals surface area contributed by atoms with Gasteiger partial charge in [0.25, 0.3) is 0 Å². The van der Waals surface area contributed by atoms with Crippen LogP contribution in [0.5, 0.6) is 0 Å². The monoisotopic (exact) mass is 230 g/mol. The first-order valence-corrected chi connectivity index (χ1v) is 6.07. The molecule has 96 valence electrons. The molecule has 0 aromatic rings. The molecule has 0 aromatic carbocycles. The lowest BCUT2D eigenvalue weighted by Gasteiger charge is -2.25. The highest BCUT2D eigenvalue weighted by Crippen LogP contribution is 2.07. The zero-order chi connectivity index (χ0) is 12.6. The SMILES string of the molecule is CCCC(N)CC(=O)NCC(C)(C)OCC. The van der Waals surface area contributed by atoms with Crippen molar-refractivity contribution in [1.82, 2.24) is 5.32 Å². The van der Waals surface area contributed by atoms with Crippen LogP contribution in [0.25, 0.3) is 0 Å². The zero-order valence-corrected chi connectivity index (χ0v) is 11.0. The van der Waals surface area contributed by atoms with Crippen molar-refractivity contribution in [3.8, 4) is 0 Å². The highest BCUT2D eigenvalue weighted by molar-refractivity contribution is 5.76. The number of nitrogens with two attached hydrogens (primary N) is 1. The summed E-state index contributed by atoms with van der Waals surface area (Å²) in [4.78, 5) is 11.5. The number of nitrogens with one attached hydrogen (secondary N) is 1. The third kappa shape index (κ3) is 7.65. The second kappa shape index (κ2) is 7.63. The largest absolute Gasteiger partial charge is 0.374 e. The molecule has 1 amide bonds. The van der Waals surface area contributed by atoms with Gasteiger partial charge in [-0.3, -0.25) is 4.79 Å². The van der Waals surface area contributed by atoms with Crippen LogP contribution in [-0.2, 0) is 9.53 Å². The fraction of sp³-hybridized carbons (Fsp3) is 0.917. The van der Waals surface area contributed by atoms with E-state index in [4.69, 9.17) is 10.5 Å². The summed E-state index contributed by atoms with van der Waals surface area (Å²) in [6.45, 7) is 9.11. The molecule has 0 rings (SSSR count). The number of carbonyl (C=O) groups excluding carboxylic acids is 1. The van der Waals surface area contributed by atoms with Gasteiger partial charge in [0.05, 0.1) is 5.60 Å². The maximum absolute atomic E-state index is 11.5. The number of amides is 1. The molecule has 0 aliphatic heterocycles. The standard InChI is InChI=1S/C12H26N2O2/c1-5-7-10(13)8-11(15)14-9-12(3,4)16-6-2/h10H,5-9,13H2,1-4H3,(H,14,15). The smallest absolute Gasteiger partial charge is 0.221 e. The first-order chi connectivity index (χ1) is 7.41. The van der Waals surface area contributed by atoms with E-state index in [-0.39, 0.29) is 17.6 Å². The van der Waals surface area contributed by atoms with Crippen LogP contribution in [0.4, 0.5) is 0 Å². The molecule has 0 heterocycles. The predicted molar refractivity (Wildman–Crippen MR) is 66.2 cm³/mol. The lowest BCUT2D eigenvalue weighted by Crippen LogP contribution is -2.42. The summed E-state index contributed by atoms with van der Waals surface area (Å²) < 4.78 is 5.49. The number of rotatable bonds is 8. The molecule has 0 saturated heterocycles. The maximum atomic E-state index is 11.5. The first-order valence-electron chi connectivity index (χ1n) is 6.07. The molecular weight excluding hydrogens is 204 g/mol. The van der Waals surface area contributed by atoms with Crippen molar-refractivity contribution in [3.05, 3.63) is 0 Å². The average molecular weight is 230 g/mol. The summed E-state index contributed by atoms with van der Waals surface area (Å²) >= 11 is 0. The van der Waals surface area contributed by atoms with Crippen molar-refractivity contribution in [1.29, 1.82) is 0 Å². The van der Waals surface area contributed by atoms with Crippen molar-refractivity contribution in [3.63, 3.8) is 0 Å². The Morgan fingerprint density at radius 3 is 2.56 bits per heavy atom. The van der Waals surface area contributed by atoms with Crippen molar-refractivity contribution in [2.24, 2.45) is 5.73 Å². The number of carbonyl (C=O) groups is 1. The van der Waals surface area contributed by atoms with Crippen LogP contribution in [0.1, 0.15) is 47.0 Å². The van der Waals surface area contributed by atoms with Gasteiger partial charge in [0.15, 0.2) is 0 Å². The highest BCUT2D eigenvalue weighted by Gasteiger charge is 2.19. The average Bonchev–Trinajstić information content (AvgIpc) is 2.15. The fourth-order valence-corrected chi connectivity index (χ4v) is 1.54. The molecule has 0 aliphatic carbocycles. The molecular formula is C12H26N2O2. The second-order valence-corrected chi connectivity index (χ2v) is 4.72. The van der Waals surface area contributed by atoms with Crippen LogP contribution >= 0.6 is 0 Å². The van der Waals surface area contributed by atoms with Gasteiger partial charge in [0.1, 0.15) is 0 Å². The minimum Gasteiger partial charge on any atom is -0.374 e. The Labute approximate surface area is 98.9 Å². The summed E-state index contributed by atoms with van der Waals surface area (Å²) in [6.07, 6.45) is 2.30. The summed E-state index contributed by atoms with van der Waals surface area (Å²) in [6, 6.07) is -0.0276. The molecule has 0 radical (unpaired) electrons. The molecule has 4 heteroatoms. The van der Waals surface area contributed by atoms with Gasteiger partial charge >= 0.3 is 0 Å². The predicted octanol–water partition coefficient (Wildman–Crippen LogP) is 1.44. The summed E-state index contributed by atoms with van der Waals surface area (Å²) in [7, 11) is 0. The topological polar surface area (TPSA) is 64.4 Å². The van der Waals surface area contributed by atoms with Crippen LogP contribution < -0.4 is 11.1 Å². The van der Waals surface area contributed by atoms with E-state index in [1.165, 1.54) is 0 Å². The zero-order valence-electron chi connectivity index (χ0n) is 11.0. The quantitative estimate of drug-likeness (QED) is 0.663. The molecule has 0 fully saturated rings. The van der Waals surface area contributed by atoms with Crippen LogP contribution in [0.3, 0.4) is 0 Å². The van der Waals surface area contributed by atoms with Gasteiger partial charge in [0.2, 0.25) is 5.91 Å². The van der Waals surface area contributed by atoms with Crippen LogP contribution in [-0.4, -0.2) is 30.7 Å². The van der Waals surface area contributed by atoms with E-state index in [1.54, 1.807) is 0 Å². The van der Waals surface area contributed by atoms with Gasteiger partial charge < -0.3 is 15.8 Å². The van der Waals surface area contributed by atoms with Gasteiger partial charge in [0, 0.05) is 25.6 Å². The molecule has 16 heavy (non-hydrogen) atoms.